The van der Waals surface area contributed by atoms with Crippen LogP contribution < -0.4 is 5.73 Å². The highest BCUT2D eigenvalue weighted by molar-refractivity contribution is 7.99. The Bertz CT molecular complexity index is 386. The number of carboxylic acid groups (broad SMARTS) is 1. The highest BCUT2D eigenvalue weighted by Crippen LogP contribution is 2.35. The molecule has 0 amide bonds. The topological polar surface area (TPSA) is 63.3 Å². The largest absolute Gasteiger partial charge is 0.478 e. The average Bonchev–Trinajstić information content (AvgIpc) is 2.70. The van der Waals surface area contributed by atoms with Crippen molar-refractivity contribution in [2.45, 2.75) is 12.3 Å². The molecule has 4 heteroatoms. The summed E-state index contributed by atoms with van der Waals surface area (Å²) in [6.45, 7) is 0. The van der Waals surface area contributed by atoms with E-state index in [2.05, 4.69) is 0 Å². The number of carboxylic acids is 1. The summed E-state index contributed by atoms with van der Waals surface area (Å²) in [4.78, 5) is 10.7. The van der Waals surface area contributed by atoms with Gasteiger partial charge in [-0.2, -0.15) is 11.8 Å². The quantitative estimate of drug-likeness (QED) is 0.754. The fraction of sp³-hybridized carbons (Fsp3) is 0.364. The maximum Gasteiger partial charge on any atom is 0.335 e. The molecular formula is C11H13NO2S. The van der Waals surface area contributed by atoms with Gasteiger partial charge in [-0.25, -0.2) is 4.79 Å². The number of nitrogens with two attached hydrogens (primary N) is 1. The van der Waals surface area contributed by atoms with E-state index in [1.165, 1.54) is 5.75 Å². The fourth-order valence-corrected chi connectivity index (χ4v) is 3.11. The van der Waals surface area contributed by atoms with Gasteiger partial charge in [0, 0.05) is 11.4 Å². The lowest BCUT2D eigenvalue weighted by Crippen LogP contribution is -2.04. The third-order valence-corrected chi connectivity index (χ3v) is 3.87. The number of carbonyl (C=O) groups is 1. The van der Waals surface area contributed by atoms with Crippen LogP contribution in [0.4, 0.5) is 5.69 Å². The molecule has 1 saturated heterocycles. The molecule has 3 N–H and O–H groups in total. The first kappa shape index (κ1) is 10.4. The van der Waals surface area contributed by atoms with Crippen LogP contribution in [0.3, 0.4) is 0 Å². The molecule has 0 bridgehead atoms. The summed E-state index contributed by atoms with van der Waals surface area (Å²) in [6, 6.07) is 5.05. The second-order valence-corrected chi connectivity index (χ2v) is 4.86. The van der Waals surface area contributed by atoms with E-state index in [9.17, 15) is 4.79 Å². The van der Waals surface area contributed by atoms with Gasteiger partial charge in [0.2, 0.25) is 0 Å². The van der Waals surface area contributed by atoms with Crippen molar-refractivity contribution in [2.24, 2.45) is 0 Å². The summed E-state index contributed by atoms with van der Waals surface area (Å²) in [5.41, 5.74) is 7.85. The van der Waals surface area contributed by atoms with Crippen molar-refractivity contribution in [2.75, 3.05) is 17.2 Å². The fourth-order valence-electron chi connectivity index (χ4n) is 1.86. The predicted octanol–water partition coefficient (Wildman–Crippen LogP) is 2.19. The van der Waals surface area contributed by atoms with Gasteiger partial charge >= 0.3 is 5.97 Å². The first-order valence-electron chi connectivity index (χ1n) is 4.89. The zero-order valence-corrected chi connectivity index (χ0v) is 9.09. The number of rotatable bonds is 2. The molecule has 3 nitrogen and oxygen atoms in total. The first-order valence-corrected chi connectivity index (χ1v) is 6.04. The van der Waals surface area contributed by atoms with E-state index in [-0.39, 0.29) is 5.56 Å². The van der Waals surface area contributed by atoms with Gasteiger partial charge in [0.1, 0.15) is 0 Å². The van der Waals surface area contributed by atoms with Crippen molar-refractivity contribution < 1.29 is 9.90 Å². The summed E-state index contributed by atoms with van der Waals surface area (Å²) < 4.78 is 0. The van der Waals surface area contributed by atoms with Crippen LogP contribution in [0.5, 0.6) is 0 Å². The molecule has 1 heterocycles. The van der Waals surface area contributed by atoms with E-state index in [1.54, 1.807) is 12.1 Å². The number of benzene rings is 1. The van der Waals surface area contributed by atoms with Crippen molar-refractivity contribution in [3.05, 3.63) is 29.3 Å². The molecule has 1 fully saturated rings. The number of thioether (sulfide) groups is 1. The molecule has 1 aliphatic rings. The average molecular weight is 223 g/mol. The van der Waals surface area contributed by atoms with Crippen LogP contribution in [-0.4, -0.2) is 22.6 Å². The van der Waals surface area contributed by atoms with Crippen molar-refractivity contribution >= 4 is 23.4 Å². The third-order valence-electron chi connectivity index (χ3n) is 2.70. The van der Waals surface area contributed by atoms with Gasteiger partial charge in [0.15, 0.2) is 0 Å². The van der Waals surface area contributed by atoms with Crippen molar-refractivity contribution in [1.82, 2.24) is 0 Å². The Kier molecular flexibility index (Phi) is 2.86. The predicted molar refractivity (Wildman–Crippen MR) is 62.5 cm³/mol. The number of anilines is 1. The van der Waals surface area contributed by atoms with E-state index < -0.39 is 5.97 Å². The summed E-state index contributed by atoms with van der Waals surface area (Å²) >= 11 is 1.92. The van der Waals surface area contributed by atoms with Crippen LogP contribution in [0.25, 0.3) is 0 Å². The van der Waals surface area contributed by atoms with Crippen LogP contribution in [-0.2, 0) is 0 Å². The maximum absolute atomic E-state index is 10.7. The lowest BCUT2D eigenvalue weighted by Gasteiger charge is -2.12. The van der Waals surface area contributed by atoms with Gasteiger partial charge in [-0.05, 0) is 35.8 Å². The molecule has 0 radical (unpaired) electrons. The Labute approximate surface area is 92.7 Å². The minimum atomic E-state index is -0.922. The van der Waals surface area contributed by atoms with Crippen molar-refractivity contribution in [1.29, 1.82) is 0 Å². The maximum atomic E-state index is 10.7. The Balaban J connectivity index is 2.29. The molecule has 1 aliphatic heterocycles. The molecule has 0 aliphatic carbocycles. The van der Waals surface area contributed by atoms with Crippen LogP contribution in [0.2, 0.25) is 0 Å². The van der Waals surface area contributed by atoms with Crippen LogP contribution in [0.1, 0.15) is 28.3 Å². The highest BCUT2D eigenvalue weighted by Gasteiger charge is 2.20. The molecule has 1 unspecified atom stereocenters. The summed E-state index contributed by atoms with van der Waals surface area (Å²) in [6.07, 6.45) is 1.14. The lowest BCUT2D eigenvalue weighted by molar-refractivity contribution is 0.0697. The highest BCUT2D eigenvalue weighted by atomic mass is 32.2. The van der Waals surface area contributed by atoms with Gasteiger partial charge in [-0.1, -0.05) is 6.07 Å². The van der Waals surface area contributed by atoms with Crippen molar-refractivity contribution in [3.63, 3.8) is 0 Å². The van der Waals surface area contributed by atoms with E-state index in [0.29, 0.717) is 11.6 Å². The van der Waals surface area contributed by atoms with Gasteiger partial charge < -0.3 is 10.8 Å². The summed E-state index contributed by atoms with van der Waals surface area (Å²) in [5.74, 6) is 1.84. The molecule has 2 rings (SSSR count). The van der Waals surface area contributed by atoms with Crippen molar-refractivity contribution in [3.8, 4) is 0 Å². The molecule has 15 heavy (non-hydrogen) atoms. The standard InChI is InChI=1S/C11H13NO2S/c12-10-5-7(11(13)14)1-2-9(10)8-3-4-15-6-8/h1-2,5,8H,3-4,6,12H2,(H,13,14). The number of nitrogen functional groups attached to an aromatic ring is 1. The van der Waals surface area contributed by atoms with E-state index in [0.717, 1.165) is 17.7 Å². The molecule has 0 aromatic heterocycles. The van der Waals surface area contributed by atoms with Gasteiger partial charge in [-0.3, -0.25) is 0 Å². The van der Waals surface area contributed by atoms with E-state index in [1.807, 2.05) is 17.8 Å². The molecule has 1 atom stereocenters. The van der Waals surface area contributed by atoms with Crippen LogP contribution in [0.15, 0.2) is 18.2 Å². The van der Waals surface area contributed by atoms with Crippen LogP contribution >= 0.6 is 11.8 Å². The Hall–Kier alpha value is -1.16. The molecule has 80 valence electrons. The third kappa shape index (κ3) is 2.09. The van der Waals surface area contributed by atoms with E-state index in [4.69, 9.17) is 10.8 Å². The summed E-state index contributed by atoms with van der Waals surface area (Å²) in [5, 5.41) is 8.81. The minimum absolute atomic E-state index is 0.266. The lowest BCUT2D eigenvalue weighted by atomic mass is 9.96. The molecule has 1 aromatic rings. The number of hydrogen-bond donors (Lipinski definition) is 2. The van der Waals surface area contributed by atoms with Gasteiger partial charge in [0.05, 0.1) is 5.56 Å². The number of aromatic carboxylic acids is 1. The monoisotopic (exact) mass is 223 g/mol. The summed E-state index contributed by atoms with van der Waals surface area (Å²) in [7, 11) is 0. The molecule has 0 spiro atoms. The molecule has 1 aromatic carbocycles. The SMILES string of the molecule is Nc1cc(C(=O)O)ccc1C1CCSC1. The molecule has 0 saturated carbocycles. The second kappa shape index (κ2) is 4.14. The Morgan fingerprint density at radius 3 is 2.87 bits per heavy atom. The van der Waals surface area contributed by atoms with Crippen LogP contribution in [0, 0.1) is 0 Å². The normalized spacial score (nSPS) is 20.4. The Morgan fingerprint density at radius 1 is 1.53 bits per heavy atom. The first-order chi connectivity index (χ1) is 7.18. The zero-order chi connectivity index (χ0) is 10.8. The van der Waals surface area contributed by atoms with Gasteiger partial charge in [-0.15, -0.1) is 0 Å². The Morgan fingerprint density at radius 2 is 2.33 bits per heavy atom. The van der Waals surface area contributed by atoms with Gasteiger partial charge in [0.25, 0.3) is 0 Å². The number of hydrogen-bond acceptors (Lipinski definition) is 3. The van der Waals surface area contributed by atoms with E-state index >= 15 is 0 Å². The smallest absolute Gasteiger partial charge is 0.335 e. The minimum Gasteiger partial charge on any atom is -0.478 e. The zero-order valence-electron chi connectivity index (χ0n) is 8.27. The molecular weight excluding hydrogens is 210 g/mol. The second-order valence-electron chi connectivity index (χ2n) is 3.71.